The van der Waals surface area contributed by atoms with Crippen molar-refractivity contribution >= 4 is 32.7 Å². The van der Waals surface area contributed by atoms with E-state index in [1.807, 2.05) is 18.2 Å². The molecule has 21 heavy (non-hydrogen) atoms. The van der Waals surface area contributed by atoms with Crippen LogP contribution >= 0.6 is 15.9 Å². The predicted octanol–water partition coefficient (Wildman–Crippen LogP) is 4.80. The van der Waals surface area contributed by atoms with Gasteiger partial charge in [-0.1, -0.05) is 19.9 Å². The smallest absolute Gasteiger partial charge is 0.117 e. The van der Waals surface area contributed by atoms with E-state index < -0.39 is 0 Å². The van der Waals surface area contributed by atoms with Crippen molar-refractivity contribution in [2.24, 2.45) is 0 Å². The number of hydrogen-bond acceptors (Lipinski definition) is 2. The number of hydrogen-bond donors (Lipinski definition) is 1. The molecule has 0 spiro atoms. The molecule has 2 N–H and O–H groups in total. The highest BCUT2D eigenvalue weighted by molar-refractivity contribution is 9.10. The average molecular weight is 344 g/mol. The summed E-state index contributed by atoms with van der Waals surface area (Å²) in [5, 5.41) is 0. The zero-order chi connectivity index (χ0) is 15.1. The molecule has 0 fully saturated rings. The lowest BCUT2D eigenvalue weighted by Gasteiger charge is -2.14. The first-order valence-corrected chi connectivity index (χ1v) is 7.81. The number of imidazole rings is 1. The zero-order valence-electron chi connectivity index (χ0n) is 12.4. The third-order valence-corrected chi connectivity index (χ3v) is 4.23. The first-order valence-electron chi connectivity index (χ1n) is 7.02. The maximum atomic E-state index is 5.89. The molecule has 108 valence electrons. The quantitative estimate of drug-likeness (QED) is 0.679. The Morgan fingerprint density at radius 1 is 1.14 bits per heavy atom. The maximum Gasteiger partial charge on any atom is 0.117 e. The van der Waals surface area contributed by atoms with Gasteiger partial charge in [0.2, 0.25) is 0 Å². The minimum Gasteiger partial charge on any atom is -0.399 e. The van der Waals surface area contributed by atoms with Gasteiger partial charge in [-0.25, -0.2) is 4.98 Å². The van der Waals surface area contributed by atoms with Gasteiger partial charge in [0, 0.05) is 16.1 Å². The Morgan fingerprint density at radius 3 is 2.62 bits per heavy atom. The number of benzene rings is 2. The van der Waals surface area contributed by atoms with Gasteiger partial charge in [-0.15, -0.1) is 0 Å². The van der Waals surface area contributed by atoms with Gasteiger partial charge in [-0.3, -0.25) is 4.57 Å². The SMILES string of the molecule is Cc1ccc(Br)c(-n2c(C(C)C)nc3cc(N)ccc32)c1. The van der Waals surface area contributed by atoms with Crippen molar-refractivity contribution in [3.63, 3.8) is 0 Å². The molecule has 0 aliphatic rings. The van der Waals surface area contributed by atoms with E-state index in [1.54, 1.807) is 0 Å². The fraction of sp³-hybridized carbons (Fsp3) is 0.235. The Morgan fingerprint density at radius 2 is 1.90 bits per heavy atom. The van der Waals surface area contributed by atoms with Crippen LogP contribution in [0.4, 0.5) is 5.69 Å². The van der Waals surface area contributed by atoms with Crippen LogP contribution in [0.2, 0.25) is 0 Å². The van der Waals surface area contributed by atoms with Crippen LogP contribution in [0.25, 0.3) is 16.7 Å². The summed E-state index contributed by atoms with van der Waals surface area (Å²) in [6, 6.07) is 12.2. The first-order chi connectivity index (χ1) is 9.97. The van der Waals surface area contributed by atoms with Crippen LogP contribution in [0.3, 0.4) is 0 Å². The van der Waals surface area contributed by atoms with Crippen LogP contribution in [0.1, 0.15) is 31.2 Å². The van der Waals surface area contributed by atoms with Crippen molar-refractivity contribution in [1.82, 2.24) is 9.55 Å². The number of nitrogens with zero attached hydrogens (tertiary/aromatic N) is 2. The third-order valence-electron chi connectivity index (χ3n) is 3.56. The normalized spacial score (nSPS) is 11.5. The summed E-state index contributed by atoms with van der Waals surface area (Å²) in [7, 11) is 0. The molecule has 0 saturated carbocycles. The Labute approximate surface area is 132 Å². The van der Waals surface area contributed by atoms with Crippen molar-refractivity contribution in [3.05, 3.63) is 52.3 Å². The highest BCUT2D eigenvalue weighted by Crippen LogP contribution is 2.31. The van der Waals surface area contributed by atoms with Gasteiger partial charge < -0.3 is 5.73 Å². The van der Waals surface area contributed by atoms with Gasteiger partial charge in [0.15, 0.2) is 0 Å². The van der Waals surface area contributed by atoms with E-state index in [-0.39, 0.29) is 0 Å². The molecule has 3 nitrogen and oxygen atoms in total. The topological polar surface area (TPSA) is 43.8 Å². The van der Waals surface area contributed by atoms with Gasteiger partial charge in [-0.2, -0.15) is 0 Å². The molecular formula is C17H18BrN3. The van der Waals surface area contributed by atoms with E-state index in [9.17, 15) is 0 Å². The summed E-state index contributed by atoms with van der Waals surface area (Å²) in [6.07, 6.45) is 0. The van der Waals surface area contributed by atoms with Gasteiger partial charge in [0.05, 0.1) is 16.7 Å². The molecular weight excluding hydrogens is 326 g/mol. The number of nitrogen functional groups attached to an aromatic ring is 1. The molecule has 0 radical (unpaired) electrons. The average Bonchev–Trinajstić information content (AvgIpc) is 2.80. The number of nitrogens with two attached hydrogens (primary N) is 1. The summed E-state index contributed by atoms with van der Waals surface area (Å²) in [4.78, 5) is 4.78. The molecule has 0 aliphatic carbocycles. The van der Waals surface area contributed by atoms with Crippen molar-refractivity contribution in [2.45, 2.75) is 26.7 Å². The molecule has 0 saturated heterocycles. The molecule has 0 atom stereocenters. The Bertz CT molecular complexity index is 818. The fourth-order valence-electron chi connectivity index (χ4n) is 2.55. The molecule has 0 unspecified atom stereocenters. The van der Waals surface area contributed by atoms with Crippen molar-refractivity contribution in [3.8, 4) is 5.69 Å². The number of anilines is 1. The maximum absolute atomic E-state index is 5.89. The summed E-state index contributed by atoms with van der Waals surface area (Å²) in [5.41, 5.74) is 11.0. The summed E-state index contributed by atoms with van der Waals surface area (Å²) in [6.45, 7) is 6.41. The molecule has 3 aromatic rings. The second-order valence-electron chi connectivity index (χ2n) is 5.66. The van der Waals surface area contributed by atoms with Gasteiger partial charge >= 0.3 is 0 Å². The van der Waals surface area contributed by atoms with Crippen LogP contribution < -0.4 is 5.73 Å². The summed E-state index contributed by atoms with van der Waals surface area (Å²) < 4.78 is 3.28. The molecule has 1 heterocycles. The van der Waals surface area contributed by atoms with Gasteiger partial charge in [-0.05, 0) is 58.7 Å². The van der Waals surface area contributed by atoms with Crippen LogP contribution in [0.15, 0.2) is 40.9 Å². The monoisotopic (exact) mass is 343 g/mol. The van der Waals surface area contributed by atoms with Crippen molar-refractivity contribution in [2.75, 3.05) is 5.73 Å². The predicted molar refractivity (Wildman–Crippen MR) is 92.0 cm³/mol. The number of fused-ring (bicyclic) bond motifs is 1. The van der Waals surface area contributed by atoms with Crippen molar-refractivity contribution in [1.29, 1.82) is 0 Å². The van der Waals surface area contributed by atoms with E-state index in [0.717, 1.165) is 32.7 Å². The van der Waals surface area contributed by atoms with E-state index in [2.05, 4.69) is 59.5 Å². The standard InChI is InChI=1S/C17H18BrN3/c1-10(2)17-20-14-9-12(19)5-7-15(14)21(17)16-8-11(3)4-6-13(16)18/h4-10H,19H2,1-3H3. The lowest BCUT2D eigenvalue weighted by molar-refractivity contribution is 0.758. The van der Waals surface area contributed by atoms with E-state index in [0.29, 0.717) is 5.92 Å². The number of aryl methyl sites for hydroxylation is 1. The number of rotatable bonds is 2. The number of aromatic nitrogens is 2. The molecule has 2 aromatic carbocycles. The Balaban J connectivity index is 2.39. The lowest BCUT2D eigenvalue weighted by atomic mass is 10.1. The Hall–Kier alpha value is -1.81. The van der Waals surface area contributed by atoms with Crippen LogP contribution in [0, 0.1) is 6.92 Å². The first kappa shape index (κ1) is 14.1. The fourth-order valence-corrected chi connectivity index (χ4v) is 2.97. The summed E-state index contributed by atoms with van der Waals surface area (Å²) >= 11 is 3.66. The van der Waals surface area contributed by atoms with Gasteiger partial charge in [0.1, 0.15) is 5.82 Å². The van der Waals surface area contributed by atoms with E-state index in [1.165, 1.54) is 5.56 Å². The third kappa shape index (κ3) is 2.44. The summed E-state index contributed by atoms with van der Waals surface area (Å²) in [5.74, 6) is 1.37. The molecule has 0 amide bonds. The second-order valence-corrected chi connectivity index (χ2v) is 6.52. The minimum absolute atomic E-state index is 0.325. The number of halogens is 1. The molecule has 0 aliphatic heterocycles. The molecule has 1 aromatic heterocycles. The van der Waals surface area contributed by atoms with Crippen LogP contribution in [-0.4, -0.2) is 9.55 Å². The highest BCUT2D eigenvalue weighted by atomic mass is 79.9. The van der Waals surface area contributed by atoms with Crippen LogP contribution in [0.5, 0.6) is 0 Å². The zero-order valence-corrected chi connectivity index (χ0v) is 14.0. The lowest BCUT2D eigenvalue weighted by Crippen LogP contribution is -2.04. The molecule has 3 rings (SSSR count). The Kier molecular flexibility index (Phi) is 3.49. The van der Waals surface area contributed by atoms with Crippen molar-refractivity contribution < 1.29 is 0 Å². The highest BCUT2D eigenvalue weighted by Gasteiger charge is 2.17. The van der Waals surface area contributed by atoms with E-state index in [4.69, 9.17) is 10.7 Å². The van der Waals surface area contributed by atoms with Gasteiger partial charge in [0.25, 0.3) is 0 Å². The largest absolute Gasteiger partial charge is 0.399 e. The van der Waals surface area contributed by atoms with E-state index >= 15 is 0 Å². The molecule has 4 heteroatoms. The molecule has 0 bridgehead atoms. The second kappa shape index (κ2) is 5.19. The van der Waals surface area contributed by atoms with Crippen LogP contribution in [-0.2, 0) is 0 Å². The minimum atomic E-state index is 0.325.